The minimum Gasteiger partial charge on any atom is -0.487 e. The van der Waals surface area contributed by atoms with Gasteiger partial charge in [-0.15, -0.1) is 0 Å². The Bertz CT molecular complexity index is 968. The lowest BCUT2D eigenvalue weighted by Crippen LogP contribution is -2.41. The van der Waals surface area contributed by atoms with Gasteiger partial charge in [-0.3, -0.25) is 9.89 Å². The van der Waals surface area contributed by atoms with E-state index in [1.807, 2.05) is 24.3 Å². The second-order valence-electron chi connectivity index (χ2n) is 6.79. The Morgan fingerprint density at radius 2 is 2.11 bits per heavy atom. The SMILES string of the molecule is NC(Cc1[nH]nc2ccccc12)C(=O)NCc1cccc(OC2CC2)c1F. The number of para-hydroxylation sites is 1. The van der Waals surface area contributed by atoms with Crippen LogP contribution in [0.2, 0.25) is 0 Å². The Morgan fingerprint density at radius 1 is 1.30 bits per heavy atom. The van der Waals surface area contributed by atoms with Crippen LogP contribution in [-0.2, 0) is 17.8 Å². The summed E-state index contributed by atoms with van der Waals surface area (Å²) >= 11 is 0. The summed E-state index contributed by atoms with van der Waals surface area (Å²) in [4.78, 5) is 12.3. The molecule has 27 heavy (non-hydrogen) atoms. The number of H-pyrrole nitrogens is 1. The minimum atomic E-state index is -0.761. The molecule has 6 nitrogen and oxygen atoms in total. The van der Waals surface area contributed by atoms with Crippen molar-refractivity contribution in [1.29, 1.82) is 0 Å². The number of aromatic nitrogens is 2. The number of ether oxygens (including phenoxy) is 1. The number of nitrogens with one attached hydrogen (secondary N) is 2. The number of nitrogens with two attached hydrogens (primary N) is 1. The van der Waals surface area contributed by atoms with Crippen molar-refractivity contribution in [3.63, 3.8) is 0 Å². The first-order valence-corrected chi connectivity index (χ1v) is 9.01. The molecule has 0 aliphatic heterocycles. The molecule has 1 unspecified atom stereocenters. The molecule has 1 heterocycles. The molecule has 4 rings (SSSR count). The average molecular weight is 368 g/mol. The molecule has 140 valence electrons. The van der Waals surface area contributed by atoms with Crippen molar-refractivity contribution in [2.24, 2.45) is 5.73 Å². The Labute approximate surface area is 155 Å². The van der Waals surface area contributed by atoms with Crippen molar-refractivity contribution in [2.75, 3.05) is 0 Å². The van der Waals surface area contributed by atoms with Gasteiger partial charge in [-0.25, -0.2) is 4.39 Å². The van der Waals surface area contributed by atoms with Gasteiger partial charge in [0.1, 0.15) is 0 Å². The molecular formula is C20H21FN4O2. The van der Waals surface area contributed by atoms with Crippen molar-refractivity contribution in [1.82, 2.24) is 15.5 Å². The Kier molecular flexibility index (Phi) is 4.77. The van der Waals surface area contributed by atoms with Crippen molar-refractivity contribution >= 4 is 16.8 Å². The molecule has 1 aromatic heterocycles. The van der Waals surface area contributed by atoms with E-state index in [-0.39, 0.29) is 24.3 Å². The number of benzene rings is 2. The highest BCUT2D eigenvalue weighted by Gasteiger charge is 2.25. The van der Waals surface area contributed by atoms with E-state index in [2.05, 4.69) is 15.5 Å². The number of halogens is 1. The van der Waals surface area contributed by atoms with Crippen LogP contribution in [0.3, 0.4) is 0 Å². The van der Waals surface area contributed by atoms with Gasteiger partial charge in [0, 0.05) is 29.6 Å². The van der Waals surface area contributed by atoms with E-state index < -0.39 is 11.9 Å². The van der Waals surface area contributed by atoms with Crippen LogP contribution < -0.4 is 15.8 Å². The number of carbonyl (C=O) groups excluding carboxylic acids is 1. The normalized spacial score (nSPS) is 14.9. The zero-order valence-electron chi connectivity index (χ0n) is 14.7. The summed E-state index contributed by atoms with van der Waals surface area (Å²) in [5.41, 5.74) is 8.04. The second-order valence-corrected chi connectivity index (χ2v) is 6.79. The standard InChI is InChI=1S/C20H21FN4O2/c21-19-12(4-3-7-18(19)27-13-8-9-13)11-23-20(26)15(22)10-17-14-5-1-2-6-16(14)24-25-17/h1-7,13,15H,8-11,22H2,(H,23,26)(H,24,25). The van der Waals surface area contributed by atoms with E-state index in [4.69, 9.17) is 10.5 Å². The third-order valence-corrected chi connectivity index (χ3v) is 4.62. The fourth-order valence-corrected chi connectivity index (χ4v) is 2.95. The molecule has 1 aliphatic carbocycles. The number of fused-ring (bicyclic) bond motifs is 1. The van der Waals surface area contributed by atoms with Crippen LogP contribution in [0.4, 0.5) is 4.39 Å². The predicted molar refractivity (Wildman–Crippen MR) is 99.7 cm³/mol. The summed E-state index contributed by atoms with van der Waals surface area (Å²) in [6.07, 6.45) is 2.34. The van der Waals surface area contributed by atoms with E-state index in [0.29, 0.717) is 12.0 Å². The zero-order valence-corrected chi connectivity index (χ0v) is 14.7. The van der Waals surface area contributed by atoms with E-state index in [9.17, 15) is 9.18 Å². The van der Waals surface area contributed by atoms with Gasteiger partial charge in [0.05, 0.1) is 17.7 Å². The highest BCUT2D eigenvalue weighted by Crippen LogP contribution is 2.29. The molecule has 3 aromatic rings. The first-order valence-electron chi connectivity index (χ1n) is 9.01. The number of hydrogen-bond donors (Lipinski definition) is 3. The van der Waals surface area contributed by atoms with Crippen molar-refractivity contribution in [3.05, 3.63) is 59.5 Å². The molecule has 1 fully saturated rings. The van der Waals surface area contributed by atoms with Crippen LogP contribution in [0.5, 0.6) is 5.75 Å². The van der Waals surface area contributed by atoms with Crippen molar-refractivity contribution in [3.8, 4) is 5.75 Å². The van der Waals surface area contributed by atoms with Crippen LogP contribution >= 0.6 is 0 Å². The maximum atomic E-state index is 14.5. The molecule has 1 atom stereocenters. The molecule has 0 radical (unpaired) electrons. The highest BCUT2D eigenvalue weighted by molar-refractivity contribution is 5.84. The largest absolute Gasteiger partial charge is 0.487 e. The van der Waals surface area contributed by atoms with Crippen LogP contribution in [0, 0.1) is 5.82 Å². The first-order chi connectivity index (χ1) is 13.1. The summed E-state index contributed by atoms with van der Waals surface area (Å²) in [5.74, 6) is -0.545. The molecular weight excluding hydrogens is 347 g/mol. The number of amides is 1. The lowest BCUT2D eigenvalue weighted by molar-refractivity contribution is -0.122. The number of carbonyl (C=O) groups is 1. The summed E-state index contributed by atoms with van der Waals surface area (Å²) in [7, 11) is 0. The maximum Gasteiger partial charge on any atom is 0.237 e. The Hall–Kier alpha value is -2.93. The second kappa shape index (κ2) is 7.36. The molecule has 1 aliphatic rings. The number of hydrogen-bond acceptors (Lipinski definition) is 4. The minimum absolute atomic E-state index is 0.0595. The zero-order chi connectivity index (χ0) is 18.8. The molecule has 1 amide bonds. The van der Waals surface area contributed by atoms with Gasteiger partial charge in [-0.2, -0.15) is 5.10 Å². The van der Waals surface area contributed by atoms with E-state index in [0.717, 1.165) is 29.4 Å². The fraction of sp³-hybridized carbons (Fsp3) is 0.300. The summed E-state index contributed by atoms with van der Waals surface area (Å²) in [6, 6.07) is 11.8. The smallest absolute Gasteiger partial charge is 0.237 e. The maximum absolute atomic E-state index is 14.5. The number of aromatic amines is 1. The van der Waals surface area contributed by atoms with Crippen LogP contribution in [0.1, 0.15) is 24.1 Å². The van der Waals surface area contributed by atoms with Gasteiger partial charge in [0.25, 0.3) is 0 Å². The molecule has 2 aromatic carbocycles. The highest BCUT2D eigenvalue weighted by atomic mass is 19.1. The number of nitrogens with zero attached hydrogens (tertiary/aromatic N) is 1. The van der Waals surface area contributed by atoms with Crippen molar-refractivity contribution < 1.29 is 13.9 Å². The lowest BCUT2D eigenvalue weighted by atomic mass is 10.1. The third kappa shape index (κ3) is 3.93. The van der Waals surface area contributed by atoms with Crippen molar-refractivity contribution in [2.45, 2.75) is 38.0 Å². The topological polar surface area (TPSA) is 93.0 Å². The lowest BCUT2D eigenvalue weighted by Gasteiger charge is -2.13. The molecule has 0 spiro atoms. The molecule has 4 N–H and O–H groups in total. The molecule has 0 saturated heterocycles. The van der Waals surface area contributed by atoms with Gasteiger partial charge < -0.3 is 15.8 Å². The molecule has 7 heteroatoms. The summed E-state index contributed by atoms with van der Waals surface area (Å²) in [5, 5.41) is 10.8. The first kappa shape index (κ1) is 17.5. The van der Waals surface area contributed by atoms with Gasteiger partial charge in [0.15, 0.2) is 11.6 Å². The fourth-order valence-electron chi connectivity index (χ4n) is 2.95. The van der Waals surface area contributed by atoms with Gasteiger partial charge in [-0.1, -0.05) is 30.3 Å². The van der Waals surface area contributed by atoms with Gasteiger partial charge in [0.2, 0.25) is 5.91 Å². The molecule has 1 saturated carbocycles. The average Bonchev–Trinajstić information content (AvgIpc) is 3.41. The Morgan fingerprint density at radius 3 is 2.93 bits per heavy atom. The van der Waals surface area contributed by atoms with Crippen LogP contribution in [0.15, 0.2) is 42.5 Å². The quantitative estimate of drug-likeness (QED) is 0.597. The predicted octanol–water partition coefficient (Wildman–Crippen LogP) is 2.43. The monoisotopic (exact) mass is 368 g/mol. The van der Waals surface area contributed by atoms with E-state index >= 15 is 0 Å². The third-order valence-electron chi connectivity index (χ3n) is 4.62. The summed E-state index contributed by atoms with van der Waals surface area (Å²) in [6.45, 7) is 0.0595. The summed E-state index contributed by atoms with van der Waals surface area (Å²) < 4.78 is 20.0. The van der Waals surface area contributed by atoms with Gasteiger partial charge in [-0.05, 0) is 25.0 Å². The molecule has 0 bridgehead atoms. The Balaban J connectivity index is 1.37. The van der Waals surface area contributed by atoms with Gasteiger partial charge >= 0.3 is 0 Å². The van der Waals surface area contributed by atoms with Crippen LogP contribution in [0.25, 0.3) is 10.9 Å². The van der Waals surface area contributed by atoms with E-state index in [1.165, 1.54) is 0 Å². The van der Waals surface area contributed by atoms with E-state index in [1.54, 1.807) is 18.2 Å². The number of rotatable bonds is 7. The van der Waals surface area contributed by atoms with Crippen LogP contribution in [-0.4, -0.2) is 28.3 Å².